The first-order valence-corrected chi connectivity index (χ1v) is 8.66. The van der Waals surface area contributed by atoms with Gasteiger partial charge in [-0.15, -0.1) is 0 Å². The number of nitrogens with one attached hydrogen (secondary N) is 1. The van der Waals surface area contributed by atoms with Crippen LogP contribution >= 0.6 is 0 Å². The van der Waals surface area contributed by atoms with Crippen molar-refractivity contribution in [3.05, 3.63) is 0 Å². The molecule has 3 aliphatic rings. The van der Waals surface area contributed by atoms with Gasteiger partial charge in [-0.25, -0.2) is 0 Å². The zero-order chi connectivity index (χ0) is 14.2. The van der Waals surface area contributed by atoms with Crippen LogP contribution in [0.15, 0.2) is 0 Å². The van der Waals surface area contributed by atoms with E-state index in [1.165, 1.54) is 0 Å². The Kier molecular flexibility index (Phi) is 4.55. The predicted molar refractivity (Wildman–Crippen MR) is 75.0 cm³/mol. The Morgan fingerprint density at radius 3 is 2.53 bits per heavy atom. The number of ether oxygens (including phenoxy) is 1. The van der Waals surface area contributed by atoms with Gasteiger partial charge in [-0.05, 0) is 44.9 Å². The summed E-state index contributed by atoms with van der Waals surface area (Å²) >= 11 is 0. The minimum Gasteiger partial charge on any atom is -0.378 e. The summed E-state index contributed by atoms with van der Waals surface area (Å²) in [6.45, 7) is 6.78. The maximum atomic E-state index is 12.2. The summed E-state index contributed by atoms with van der Waals surface area (Å²) in [5, 5.41) is 0. The Morgan fingerprint density at radius 2 is 2.00 bits per heavy atom. The summed E-state index contributed by atoms with van der Waals surface area (Å²) < 4.78 is 34.4. The maximum absolute atomic E-state index is 12.2. The van der Waals surface area contributed by atoms with E-state index in [1.807, 2.05) is 13.8 Å². The Bertz CT molecular complexity index is 404. The lowest BCUT2D eigenvalue weighted by atomic mass is 9.71. The molecule has 1 unspecified atom stereocenters. The molecule has 1 N–H and O–H groups in total. The zero-order valence-electron chi connectivity index (χ0n) is 12.3. The number of rotatable bonds is 5. The summed E-state index contributed by atoms with van der Waals surface area (Å²) in [4.78, 5) is 0. The molecule has 5 nitrogen and oxygen atoms in total. The topological polar surface area (TPSA) is 58.6 Å². The molecule has 19 heavy (non-hydrogen) atoms. The molecule has 2 atom stereocenters. The monoisotopic (exact) mass is 290 g/mol. The van der Waals surface area contributed by atoms with Gasteiger partial charge in [-0.1, -0.05) is 6.92 Å². The first kappa shape index (κ1) is 15.2. The van der Waals surface area contributed by atoms with Gasteiger partial charge in [0, 0.05) is 19.1 Å². The van der Waals surface area contributed by atoms with Gasteiger partial charge in [0.05, 0.1) is 12.7 Å². The smallest absolute Gasteiger partial charge is 0.279 e. The summed E-state index contributed by atoms with van der Waals surface area (Å²) in [6, 6.07) is 0.214. The van der Waals surface area contributed by atoms with E-state index in [-0.39, 0.29) is 24.1 Å². The molecule has 2 heterocycles. The number of fused-ring (bicyclic) bond motifs is 3. The second-order valence-electron chi connectivity index (χ2n) is 6.11. The largest absolute Gasteiger partial charge is 0.378 e. The quantitative estimate of drug-likeness (QED) is 0.832. The summed E-state index contributed by atoms with van der Waals surface area (Å²) in [6.07, 6.45) is 3.06. The SMILES string of the molecule is CC[C@H](COC(C)C)C1C2CC(C2)NS(=O)(=O)N1C. The molecular formula is C13H26N2O3S. The molecule has 2 aliphatic heterocycles. The Labute approximate surface area is 116 Å². The molecule has 0 amide bonds. The van der Waals surface area contributed by atoms with E-state index in [0.29, 0.717) is 12.5 Å². The predicted octanol–water partition coefficient (Wildman–Crippen LogP) is 1.36. The van der Waals surface area contributed by atoms with E-state index < -0.39 is 10.2 Å². The number of nitrogens with zero attached hydrogens (tertiary/aromatic N) is 1. The van der Waals surface area contributed by atoms with Crippen LogP contribution in [0.2, 0.25) is 0 Å². The molecule has 0 aromatic rings. The van der Waals surface area contributed by atoms with Crippen molar-refractivity contribution in [2.24, 2.45) is 11.8 Å². The van der Waals surface area contributed by atoms with Gasteiger partial charge < -0.3 is 4.74 Å². The van der Waals surface area contributed by atoms with E-state index >= 15 is 0 Å². The summed E-state index contributed by atoms with van der Waals surface area (Å²) in [5.74, 6) is 0.744. The van der Waals surface area contributed by atoms with Crippen molar-refractivity contribution in [3.63, 3.8) is 0 Å². The maximum Gasteiger partial charge on any atom is 0.279 e. The Morgan fingerprint density at radius 1 is 1.37 bits per heavy atom. The van der Waals surface area contributed by atoms with Gasteiger partial charge in [0.25, 0.3) is 10.2 Å². The average Bonchev–Trinajstić information content (AvgIpc) is 2.42. The van der Waals surface area contributed by atoms with E-state index in [1.54, 1.807) is 11.4 Å². The third-order valence-corrected chi connectivity index (χ3v) is 6.06. The van der Waals surface area contributed by atoms with Crippen molar-refractivity contribution in [2.45, 2.75) is 58.2 Å². The van der Waals surface area contributed by atoms with Crippen molar-refractivity contribution in [3.8, 4) is 0 Å². The second kappa shape index (κ2) is 5.68. The van der Waals surface area contributed by atoms with Crippen molar-refractivity contribution in [1.82, 2.24) is 9.03 Å². The Balaban J connectivity index is 2.14. The minimum absolute atomic E-state index is 0.0694. The zero-order valence-corrected chi connectivity index (χ0v) is 13.1. The molecule has 0 radical (unpaired) electrons. The first-order valence-electron chi connectivity index (χ1n) is 7.22. The fourth-order valence-electron chi connectivity index (χ4n) is 3.24. The van der Waals surface area contributed by atoms with Crippen molar-refractivity contribution >= 4 is 10.2 Å². The van der Waals surface area contributed by atoms with Crippen LogP contribution in [0, 0.1) is 11.8 Å². The van der Waals surface area contributed by atoms with E-state index in [0.717, 1.165) is 19.3 Å². The number of hydrogen-bond acceptors (Lipinski definition) is 3. The lowest BCUT2D eigenvalue weighted by Gasteiger charge is -2.41. The highest BCUT2D eigenvalue weighted by molar-refractivity contribution is 7.87. The lowest BCUT2D eigenvalue weighted by molar-refractivity contribution is 0.0115. The van der Waals surface area contributed by atoms with Crippen LogP contribution in [0.5, 0.6) is 0 Å². The van der Waals surface area contributed by atoms with E-state index in [4.69, 9.17) is 4.74 Å². The average molecular weight is 290 g/mol. The van der Waals surface area contributed by atoms with Gasteiger partial charge in [-0.2, -0.15) is 17.4 Å². The van der Waals surface area contributed by atoms with E-state index in [2.05, 4.69) is 11.6 Å². The van der Waals surface area contributed by atoms with Gasteiger partial charge in [-0.3, -0.25) is 0 Å². The molecule has 112 valence electrons. The third kappa shape index (κ3) is 3.12. The van der Waals surface area contributed by atoms with Crippen molar-refractivity contribution in [1.29, 1.82) is 0 Å². The molecule has 6 heteroatoms. The molecule has 0 aromatic heterocycles. The fourth-order valence-corrected chi connectivity index (χ4v) is 4.69. The van der Waals surface area contributed by atoms with Crippen molar-refractivity contribution in [2.75, 3.05) is 13.7 Å². The van der Waals surface area contributed by atoms with Crippen LogP contribution in [0.4, 0.5) is 0 Å². The summed E-state index contributed by atoms with van der Waals surface area (Å²) in [7, 11) is -1.62. The minimum atomic E-state index is -3.32. The molecule has 3 fully saturated rings. The van der Waals surface area contributed by atoms with Gasteiger partial charge in [0.1, 0.15) is 0 Å². The van der Waals surface area contributed by atoms with Gasteiger partial charge >= 0.3 is 0 Å². The Hall–Kier alpha value is -0.170. The molecule has 2 bridgehead atoms. The van der Waals surface area contributed by atoms with Crippen LogP contribution in [0.25, 0.3) is 0 Å². The third-order valence-electron chi connectivity index (χ3n) is 4.42. The van der Waals surface area contributed by atoms with Crippen LogP contribution in [-0.2, 0) is 14.9 Å². The van der Waals surface area contributed by atoms with Gasteiger partial charge in [0.2, 0.25) is 0 Å². The highest BCUT2D eigenvalue weighted by Crippen LogP contribution is 2.40. The van der Waals surface area contributed by atoms with Gasteiger partial charge in [0.15, 0.2) is 0 Å². The van der Waals surface area contributed by atoms with Crippen LogP contribution in [0.1, 0.15) is 40.0 Å². The highest BCUT2D eigenvalue weighted by atomic mass is 32.2. The normalized spacial score (nSPS) is 35.7. The van der Waals surface area contributed by atoms with Crippen LogP contribution in [0.3, 0.4) is 0 Å². The van der Waals surface area contributed by atoms with Crippen LogP contribution in [-0.4, -0.2) is 44.6 Å². The van der Waals surface area contributed by atoms with E-state index in [9.17, 15) is 8.42 Å². The second-order valence-corrected chi connectivity index (χ2v) is 7.87. The molecular weight excluding hydrogens is 264 g/mol. The first-order chi connectivity index (χ1) is 8.85. The molecule has 2 saturated heterocycles. The molecule has 1 aliphatic carbocycles. The molecule has 0 aromatic carbocycles. The molecule has 3 rings (SSSR count). The fraction of sp³-hybridized carbons (Fsp3) is 1.00. The van der Waals surface area contributed by atoms with Crippen molar-refractivity contribution < 1.29 is 13.2 Å². The molecule has 1 saturated carbocycles. The summed E-state index contributed by atoms with van der Waals surface area (Å²) in [5.41, 5.74) is 0. The standard InChI is InChI=1S/C13H26N2O3S/c1-5-10(8-18-9(2)3)13-11-6-12(7-11)14-19(16,17)15(13)4/h9-14H,5-8H2,1-4H3/t10-,11?,12?,13?/m1/s1. The molecule has 0 spiro atoms. The lowest BCUT2D eigenvalue weighted by Crippen LogP contribution is -2.47. The van der Waals surface area contributed by atoms with Crippen LogP contribution < -0.4 is 4.72 Å². The highest BCUT2D eigenvalue weighted by Gasteiger charge is 2.48. The number of hydrogen-bond donors (Lipinski definition) is 1.